The zero-order valence-corrected chi connectivity index (χ0v) is 14.0. The van der Waals surface area contributed by atoms with E-state index < -0.39 is 10.9 Å². The Bertz CT molecular complexity index is 915. The highest BCUT2D eigenvalue weighted by Crippen LogP contribution is 2.19. The number of aromatic nitrogens is 2. The molecule has 0 aliphatic heterocycles. The lowest BCUT2D eigenvalue weighted by Gasteiger charge is -2.14. The minimum absolute atomic E-state index is 0.314. The Labute approximate surface area is 139 Å². The third-order valence-electron chi connectivity index (χ3n) is 4.20. The van der Waals surface area contributed by atoms with Gasteiger partial charge in [-0.2, -0.15) is 5.10 Å². The van der Waals surface area contributed by atoms with Crippen molar-refractivity contribution < 1.29 is 4.42 Å². The van der Waals surface area contributed by atoms with E-state index in [0.29, 0.717) is 30.2 Å². The standard InChI is InChI=1S/C17H20N4O3/c1-4-21-11(3)13(10(2)20-21)9-19-15-14(16(22)17(15)23)18-8-12-6-5-7-24-12/h5-7,18-19H,4,8-9H2,1-3H3. The van der Waals surface area contributed by atoms with Gasteiger partial charge in [-0.05, 0) is 32.9 Å². The number of nitrogens with one attached hydrogen (secondary N) is 2. The summed E-state index contributed by atoms with van der Waals surface area (Å²) >= 11 is 0. The molecule has 0 spiro atoms. The second-order valence-electron chi connectivity index (χ2n) is 5.66. The predicted octanol–water partition coefficient (Wildman–Crippen LogP) is 1.93. The van der Waals surface area contributed by atoms with Crippen LogP contribution >= 0.6 is 0 Å². The molecule has 2 aromatic heterocycles. The van der Waals surface area contributed by atoms with E-state index in [4.69, 9.17) is 4.42 Å². The van der Waals surface area contributed by atoms with Gasteiger partial charge < -0.3 is 15.1 Å². The van der Waals surface area contributed by atoms with Crippen molar-refractivity contribution >= 4 is 11.4 Å². The van der Waals surface area contributed by atoms with E-state index in [1.807, 2.05) is 25.5 Å². The van der Waals surface area contributed by atoms with Crippen LogP contribution in [-0.4, -0.2) is 9.78 Å². The van der Waals surface area contributed by atoms with E-state index >= 15 is 0 Å². The van der Waals surface area contributed by atoms with Gasteiger partial charge in [0.2, 0.25) is 0 Å². The summed E-state index contributed by atoms with van der Waals surface area (Å²) in [7, 11) is 0. The van der Waals surface area contributed by atoms with Crippen molar-refractivity contribution in [3.8, 4) is 0 Å². The minimum Gasteiger partial charge on any atom is -0.467 e. The number of rotatable bonds is 7. The second-order valence-corrected chi connectivity index (χ2v) is 5.66. The summed E-state index contributed by atoms with van der Waals surface area (Å²) in [5, 5.41) is 10.5. The van der Waals surface area contributed by atoms with E-state index in [2.05, 4.69) is 15.7 Å². The van der Waals surface area contributed by atoms with Crippen molar-refractivity contribution in [2.45, 2.75) is 40.4 Å². The molecule has 7 heteroatoms. The molecule has 0 aliphatic rings. The average Bonchev–Trinajstić information content (AvgIpc) is 3.19. The van der Waals surface area contributed by atoms with Crippen molar-refractivity contribution in [1.82, 2.24) is 9.78 Å². The van der Waals surface area contributed by atoms with Gasteiger partial charge in [0.25, 0.3) is 10.9 Å². The van der Waals surface area contributed by atoms with E-state index in [1.165, 1.54) is 0 Å². The zero-order valence-electron chi connectivity index (χ0n) is 14.0. The Kier molecular flexibility index (Phi) is 4.24. The molecule has 0 saturated heterocycles. The fourth-order valence-corrected chi connectivity index (χ4v) is 2.79. The molecule has 1 aromatic carbocycles. The summed E-state index contributed by atoms with van der Waals surface area (Å²) in [6, 6.07) is 3.58. The van der Waals surface area contributed by atoms with Gasteiger partial charge in [-0.15, -0.1) is 0 Å². The fraction of sp³-hybridized carbons (Fsp3) is 0.353. The van der Waals surface area contributed by atoms with Gasteiger partial charge in [0.05, 0.1) is 18.5 Å². The lowest BCUT2D eigenvalue weighted by atomic mass is 10.1. The van der Waals surface area contributed by atoms with Crippen LogP contribution in [0.25, 0.3) is 0 Å². The van der Waals surface area contributed by atoms with Crippen molar-refractivity contribution in [3.63, 3.8) is 0 Å². The number of hydrogen-bond acceptors (Lipinski definition) is 6. The van der Waals surface area contributed by atoms with Gasteiger partial charge in [-0.3, -0.25) is 14.3 Å². The van der Waals surface area contributed by atoms with Crippen LogP contribution in [0.3, 0.4) is 0 Å². The zero-order chi connectivity index (χ0) is 17.3. The molecule has 0 fully saturated rings. The Morgan fingerprint density at radius 1 is 1.12 bits per heavy atom. The highest BCUT2D eigenvalue weighted by atomic mass is 16.3. The van der Waals surface area contributed by atoms with Crippen LogP contribution in [0.2, 0.25) is 0 Å². The fourth-order valence-electron chi connectivity index (χ4n) is 2.79. The first kappa shape index (κ1) is 16.0. The van der Waals surface area contributed by atoms with Gasteiger partial charge in [0, 0.05) is 24.3 Å². The maximum atomic E-state index is 11.8. The van der Waals surface area contributed by atoms with Crippen molar-refractivity contribution in [3.05, 3.63) is 61.6 Å². The third kappa shape index (κ3) is 2.73. The van der Waals surface area contributed by atoms with Crippen LogP contribution in [-0.2, 0) is 19.6 Å². The van der Waals surface area contributed by atoms with Gasteiger partial charge in [-0.25, -0.2) is 0 Å². The molecular formula is C17H20N4O3. The molecule has 3 rings (SSSR count). The summed E-state index contributed by atoms with van der Waals surface area (Å²) in [6.45, 7) is 7.58. The molecule has 0 radical (unpaired) electrons. The van der Waals surface area contributed by atoms with Crippen LogP contribution in [0, 0.1) is 13.8 Å². The molecule has 24 heavy (non-hydrogen) atoms. The van der Waals surface area contributed by atoms with Gasteiger partial charge in [0.15, 0.2) is 0 Å². The van der Waals surface area contributed by atoms with E-state index in [9.17, 15) is 9.59 Å². The van der Waals surface area contributed by atoms with Crippen LogP contribution in [0.4, 0.5) is 11.4 Å². The summed E-state index contributed by atoms with van der Waals surface area (Å²) in [5.41, 5.74) is 2.68. The second kappa shape index (κ2) is 6.35. The molecule has 0 atom stereocenters. The van der Waals surface area contributed by atoms with Gasteiger partial charge in [-0.1, -0.05) is 0 Å². The molecule has 2 N–H and O–H groups in total. The SMILES string of the molecule is CCn1nc(C)c(CNc2c(NCc3ccco3)c(=O)c2=O)c1C. The third-order valence-corrected chi connectivity index (χ3v) is 4.20. The first-order valence-electron chi connectivity index (χ1n) is 7.89. The van der Waals surface area contributed by atoms with Crippen molar-refractivity contribution in [1.29, 1.82) is 0 Å². The quantitative estimate of drug-likeness (QED) is 0.644. The van der Waals surface area contributed by atoms with Crippen LogP contribution in [0.1, 0.15) is 29.6 Å². The highest BCUT2D eigenvalue weighted by molar-refractivity contribution is 5.74. The molecule has 0 amide bonds. The number of nitrogens with zero attached hydrogens (tertiary/aromatic N) is 2. The molecule has 0 aliphatic carbocycles. The lowest BCUT2D eigenvalue weighted by Crippen LogP contribution is -2.37. The maximum absolute atomic E-state index is 11.8. The van der Waals surface area contributed by atoms with Crippen LogP contribution in [0.15, 0.2) is 32.4 Å². The molecule has 2 heterocycles. The van der Waals surface area contributed by atoms with E-state index in [0.717, 1.165) is 23.5 Å². The Morgan fingerprint density at radius 2 is 1.79 bits per heavy atom. The predicted molar refractivity (Wildman–Crippen MR) is 92.1 cm³/mol. The molecule has 3 aromatic rings. The Balaban J connectivity index is 1.72. The highest BCUT2D eigenvalue weighted by Gasteiger charge is 2.21. The Morgan fingerprint density at radius 3 is 2.33 bits per heavy atom. The number of anilines is 2. The van der Waals surface area contributed by atoms with Crippen LogP contribution < -0.4 is 21.5 Å². The molecule has 126 valence electrons. The Hall–Kier alpha value is -2.83. The van der Waals surface area contributed by atoms with E-state index in [-0.39, 0.29) is 0 Å². The smallest absolute Gasteiger partial charge is 0.253 e. The average molecular weight is 328 g/mol. The van der Waals surface area contributed by atoms with Gasteiger partial charge >= 0.3 is 0 Å². The van der Waals surface area contributed by atoms with Crippen LogP contribution in [0.5, 0.6) is 0 Å². The lowest BCUT2D eigenvalue weighted by molar-refractivity contribution is 0.518. The van der Waals surface area contributed by atoms with Gasteiger partial charge in [0.1, 0.15) is 17.1 Å². The molecule has 0 bridgehead atoms. The molecule has 0 saturated carbocycles. The summed E-state index contributed by atoms with van der Waals surface area (Å²) in [4.78, 5) is 23.6. The number of furan rings is 1. The monoisotopic (exact) mass is 328 g/mol. The molecule has 7 nitrogen and oxygen atoms in total. The topological polar surface area (TPSA) is 89.2 Å². The largest absolute Gasteiger partial charge is 0.467 e. The van der Waals surface area contributed by atoms with Crippen molar-refractivity contribution in [2.24, 2.45) is 0 Å². The van der Waals surface area contributed by atoms with E-state index in [1.54, 1.807) is 18.4 Å². The first-order valence-corrected chi connectivity index (χ1v) is 7.89. The minimum atomic E-state index is -0.498. The summed E-state index contributed by atoms with van der Waals surface area (Å²) < 4.78 is 7.13. The molecular weight excluding hydrogens is 308 g/mol. The number of aryl methyl sites for hydroxylation is 2. The maximum Gasteiger partial charge on any atom is 0.253 e. The summed E-state index contributed by atoms with van der Waals surface area (Å²) in [6.07, 6.45) is 1.56. The summed E-state index contributed by atoms with van der Waals surface area (Å²) in [5.74, 6) is 0.699. The first-order chi connectivity index (χ1) is 11.5. The number of hydrogen-bond donors (Lipinski definition) is 2. The van der Waals surface area contributed by atoms with Crippen molar-refractivity contribution in [2.75, 3.05) is 10.6 Å². The normalized spacial score (nSPS) is 11.1. The molecule has 0 unspecified atom stereocenters.